The van der Waals surface area contributed by atoms with E-state index in [4.69, 9.17) is 13.9 Å². The third-order valence-corrected chi connectivity index (χ3v) is 5.79. The molecule has 6 nitrogen and oxygen atoms in total. The quantitative estimate of drug-likeness (QED) is 0.180. The van der Waals surface area contributed by atoms with Crippen LogP contribution in [-0.2, 0) is 6.61 Å². The van der Waals surface area contributed by atoms with E-state index in [-0.39, 0.29) is 18.2 Å². The van der Waals surface area contributed by atoms with Crippen LogP contribution in [-0.4, -0.2) is 18.7 Å². The summed E-state index contributed by atoms with van der Waals surface area (Å²) < 4.78 is 31.9. The van der Waals surface area contributed by atoms with E-state index in [0.29, 0.717) is 33.7 Å². The van der Waals surface area contributed by atoms with Crippen LogP contribution in [0.15, 0.2) is 79.1 Å². The van der Waals surface area contributed by atoms with Gasteiger partial charge in [0, 0.05) is 9.86 Å². The van der Waals surface area contributed by atoms with Crippen LogP contribution in [0.5, 0.6) is 11.5 Å². The Balaban J connectivity index is 1.46. The largest absolute Gasteiger partial charge is 0.490 e. The van der Waals surface area contributed by atoms with Crippen molar-refractivity contribution >= 4 is 55.0 Å². The summed E-state index contributed by atoms with van der Waals surface area (Å²) in [5, 5.41) is 4.84. The summed E-state index contributed by atoms with van der Waals surface area (Å²) in [6, 6.07) is 16.8. The molecule has 1 aromatic heterocycles. The number of fused-ring (bicyclic) bond motifs is 1. The molecule has 0 saturated heterocycles. The summed E-state index contributed by atoms with van der Waals surface area (Å²) in [4.78, 5) is 12.4. The Morgan fingerprint density at radius 3 is 2.65 bits per heavy atom. The number of halogens is 3. The van der Waals surface area contributed by atoms with E-state index in [2.05, 4.69) is 42.4 Å². The fraction of sp³-hybridized carbons (Fsp3) is 0.120. The second-order valence-corrected chi connectivity index (χ2v) is 8.94. The smallest absolute Gasteiger partial charge is 0.307 e. The number of rotatable bonds is 8. The first-order chi connectivity index (χ1) is 16.4. The first-order valence-electron chi connectivity index (χ1n) is 10.3. The molecule has 0 bridgehead atoms. The normalized spacial score (nSPS) is 11.2. The number of hydrazone groups is 1. The zero-order valence-electron chi connectivity index (χ0n) is 18.0. The highest BCUT2D eigenvalue weighted by Crippen LogP contribution is 2.37. The van der Waals surface area contributed by atoms with Gasteiger partial charge in [0.05, 0.1) is 17.3 Å². The minimum atomic E-state index is -0.466. The Morgan fingerprint density at radius 2 is 1.88 bits per heavy atom. The van der Waals surface area contributed by atoms with Gasteiger partial charge in [0.2, 0.25) is 0 Å². The predicted molar refractivity (Wildman–Crippen MR) is 135 cm³/mol. The Bertz CT molecular complexity index is 1350. The average Bonchev–Trinajstić information content (AvgIpc) is 3.23. The molecule has 0 spiro atoms. The van der Waals surface area contributed by atoms with E-state index in [9.17, 15) is 9.18 Å². The van der Waals surface area contributed by atoms with E-state index in [1.54, 1.807) is 36.4 Å². The summed E-state index contributed by atoms with van der Waals surface area (Å²) in [5.74, 6) is 0.414. The lowest BCUT2D eigenvalue weighted by Gasteiger charge is -2.14. The number of carbonyl (C=O) groups is 1. The van der Waals surface area contributed by atoms with Crippen molar-refractivity contribution < 1.29 is 23.1 Å². The molecule has 0 aliphatic heterocycles. The molecule has 1 amide bonds. The molecule has 0 radical (unpaired) electrons. The molecule has 0 aliphatic carbocycles. The van der Waals surface area contributed by atoms with Crippen LogP contribution in [0.1, 0.15) is 28.6 Å². The minimum Gasteiger partial charge on any atom is -0.490 e. The molecule has 174 valence electrons. The van der Waals surface area contributed by atoms with E-state index >= 15 is 0 Å². The van der Waals surface area contributed by atoms with Crippen LogP contribution in [0.25, 0.3) is 11.0 Å². The van der Waals surface area contributed by atoms with Crippen molar-refractivity contribution in [3.8, 4) is 11.5 Å². The average molecular weight is 590 g/mol. The number of nitrogens with zero attached hydrogens (tertiary/aromatic N) is 1. The van der Waals surface area contributed by atoms with Crippen LogP contribution in [0.4, 0.5) is 4.39 Å². The molecule has 0 unspecified atom stereocenters. The van der Waals surface area contributed by atoms with Gasteiger partial charge < -0.3 is 13.9 Å². The molecule has 1 heterocycles. The lowest BCUT2D eigenvalue weighted by molar-refractivity contribution is 0.0929. The lowest BCUT2D eigenvalue weighted by Crippen LogP contribution is -2.16. The third kappa shape index (κ3) is 5.84. The highest BCUT2D eigenvalue weighted by Gasteiger charge is 2.14. The SMILES string of the molecule is CCOc1cc(/C=N/NC(=O)c2cc3cc(Br)ccc3o2)cc(Br)c1OCc1ccc(F)cc1. The maximum Gasteiger partial charge on any atom is 0.307 e. The molecule has 4 aromatic rings. The van der Waals surface area contributed by atoms with E-state index < -0.39 is 5.91 Å². The van der Waals surface area contributed by atoms with Gasteiger partial charge in [-0.3, -0.25) is 4.79 Å². The topological polar surface area (TPSA) is 73.1 Å². The summed E-state index contributed by atoms with van der Waals surface area (Å²) in [7, 11) is 0. The van der Waals surface area contributed by atoms with Crippen molar-refractivity contribution in [1.29, 1.82) is 0 Å². The van der Waals surface area contributed by atoms with Gasteiger partial charge in [-0.15, -0.1) is 0 Å². The number of ether oxygens (including phenoxy) is 2. The van der Waals surface area contributed by atoms with Gasteiger partial charge in [-0.1, -0.05) is 28.1 Å². The highest BCUT2D eigenvalue weighted by molar-refractivity contribution is 9.10. The maximum atomic E-state index is 13.1. The van der Waals surface area contributed by atoms with E-state index in [1.165, 1.54) is 18.3 Å². The number of hydrogen-bond acceptors (Lipinski definition) is 5. The molecule has 0 saturated carbocycles. The molecule has 0 atom stereocenters. The van der Waals surface area contributed by atoms with Crippen LogP contribution in [0, 0.1) is 5.82 Å². The van der Waals surface area contributed by atoms with Crippen molar-refractivity contribution in [3.05, 3.63) is 92.3 Å². The summed E-state index contributed by atoms with van der Waals surface area (Å²) in [5.41, 5.74) is 4.58. The number of carbonyl (C=O) groups excluding carboxylic acids is 1. The summed E-state index contributed by atoms with van der Waals surface area (Å²) in [6.07, 6.45) is 1.49. The first kappa shape index (κ1) is 24.0. The van der Waals surface area contributed by atoms with Gasteiger partial charge in [-0.05, 0) is 82.5 Å². The fourth-order valence-electron chi connectivity index (χ4n) is 3.15. The maximum absolute atomic E-state index is 13.1. The van der Waals surface area contributed by atoms with Gasteiger partial charge >= 0.3 is 5.91 Å². The summed E-state index contributed by atoms with van der Waals surface area (Å²) in [6.45, 7) is 2.54. The van der Waals surface area contributed by atoms with Gasteiger partial charge in [0.25, 0.3) is 0 Å². The van der Waals surface area contributed by atoms with Gasteiger partial charge in [-0.2, -0.15) is 5.10 Å². The van der Waals surface area contributed by atoms with Crippen LogP contribution in [0.2, 0.25) is 0 Å². The number of benzene rings is 3. The van der Waals surface area contributed by atoms with Crippen LogP contribution < -0.4 is 14.9 Å². The number of furan rings is 1. The Morgan fingerprint density at radius 1 is 1.09 bits per heavy atom. The second-order valence-electron chi connectivity index (χ2n) is 7.17. The van der Waals surface area contributed by atoms with E-state index in [1.807, 2.05) is 19.1 Å². The highest BCUT2D eigenvalue weighted by atomic mass is 79.9. The molecular weight excluding hydrogens is 571 g/mol. The fourth-order valence-corrected chi connectivity index (χ4v) is 4.10. The van der Waals surface area contributed by atoms with Gasteiger partial charge in [0.1, 0.15) is 18.0 Å². The van der Waals surface area contributed by atoms with Crippen molar-refractivity contribution in [1.82, 2.24) is 5.43 Å². The number of nitrogens with one attached hydrogen (secondary N) is 1. The number of hydrogen-bond donors (Lipinski definition) is 1. The Kier molecular flexibility index (Phi) is 7.64. The van der Waals surface area contributed by atoms with Crippen LogP contribution >= 0.6 is 31.9 Å². The monoisotopic (exact) mass is 588 g/mol. The Labute approximate surface area is 212 Å². The lowest BCUT2D eigenvalue weighted by atomic mass is 10.2. The molecule has 0 fully saturated rings. The molecule has 34 heavy (non-hydrogen) atoms. The molecule has 9 heteroatoms. The predicted octanol–water partition coefficient (Wildman–Crippen LogP) is 6.84. The Hall–Kier alpha value is -3.17. The van der Waals surface area contributed by atoms with E-state index in [0.717, 1.165) is 15.4 Å². The van der Waals surface area contributed by atoms with Crippen LogP contribution in [0.3, 0.4) is 0 Å². The summed E-state index contributed by atoms with van der Waals surface area (Å²) >= 11 is 6.90. The molecule has 1 N–H and O–H groups in total. The van der Waals surface area contributed by atoms with Gasteiger partial charge in [0.15, 0.2) is 17.3 Å². The van der Waals surface area contributed by atoms with Gasteiger partial charge in [-0.25, -0.2) is 9.82 Å². The standard InChI is InChI=1S/C25H19Br2FN2O4/c1-2-32-22-10-16(9-20(27)24(22)33-14-15-3-6-19(28)7-4-15)13-29-30-25(31)23-12-17-11-18(26)5-8-21(17)34-23/h3-13H,2,14H2,1H3,(H,30,31)/b29-13+. The zero-order valence-corrected chi connectivity index (χ0v) is 21.2. The molecular formula is C25H19Br2FN2O4. The molecule has 3 aromatic carbocycles. The molecule has 4 rings (SSSR count). The zero-order chi connectivity index (χ0) is 24.1. The van der Waals surface area contributed by atoms with Crippen molar-refractivity contribution in [2.75, 3.05) is 6.61 Å². The number of amides is 1. The third-order valence-electron chi connectivity index (χ3n) is 4.71. The second kappa shape index (κ2) is 10.8. The first-order valence-corrected chi connectivity index (χ1v) is 11.9. The molecule has 0 aliphatic rings. The minimum absolute atomic E-state index is 0.158. The van der Waals surface area contributed by atoms with Crippen molar-refractivity contribution in [2.24, 2.45) is 5.10 Å². The van der Waals surface area contributed by atoms with Crippen molar-refractivity contribution in [2.45, 2.75) is 13.5 Å². The van der Waals surface area contributed by atoms with Crippen molar-refractivity contribution in [3.63, 3.8) is 0 Å².